The van der Waals surface area contributed by atoms with Gasteiger partial charge in [-0.2, -0.15) is 0 Å². The average molecular weight is 234 g/mol. The number of furan rings is 1. The molecule has 2 aliphatic carbocycles. The van der Waals surface area contributed by atoms with Crippen molar-refractivity contribution in [1.29, 1.82) is 0 Å². The molecule has 1 fully saturated rings. The first-order valence-corrected chi connectivity index (χ1v) is 6.57. The number of fused-ring (bicyclic) bond motifs is 1. The van der Waals surface area contributed by atoms with Crippen molar-refractivity contribution in [2.75, 3.05) is 0 Å². The van der Waals surface area contributed by atoms with Gasteiger partial charge in [-0.3, -0.25) is 4.79 Å². The van der Waals surface area contributed by atoms with Gasteiger partial charge in [0, 0.05) is 18.4 Å². The summed E-state index contributed by atoms with van der Waals surface area (Å²) in [5.74, 6) is 1.26. The third-order valence-electron chi connectivity index (χ3n) is 4.06. The van der Waals surface area contributed by atoms with Crippen LogP contribution in [-0.2, 0) is 6.42 Å². The van der Waals surface area contributed by atoms with E-state index in [1.165, 1.54) is 32.1 Å². The maximum absolute atomic E-state index is 12.0. The van der Waals surface area contributed by atoms with E-state index in [0.717, 1.165) is 11.1 Å². The molecule has 3 rings (SSSR count). The van der Waals surface area contributed by atoms with Crippen molar-refractivity contribution in [2.45, 2.75) is 57.0 Å². The summed E-state index contributed by atoms with van der Waals surface area (Å²) in [6, 6.07) is 0. The molecule has 1 unspecified atom stereocenters. The Bertz CT molecular complexity index is 427. The third kappa shape index (κ3) is 1.93. The lowest BCUT2D eigenvalue weighted by atomic mass is 9.80. The Morgan fingerprint density at radius 3 is 2.71 bits per heavy atom. The molecule has 0 aromatic carbocycles. The molecule has 0 saturated heterocycles. The molecule has 1 saturated carbocycles. The van der Waals surface area contributed by atoms with Crippen LogP contribution in [0.2, 0.25) is 0 Å². The van der Waals surface area contributed by atoms with Crippen molar-refractivity contribution in [3.63, 3.8) is 0 Å². The first-order chi connectivity index (χ1) is 8.25. The molecule has 1 aromatic heterocycles. The van der Waals surface area contributed by atoms with E-state index in [2.05, 4.69) is 0 Å². The van der Waals surface area contributed by atoms with Gasteiger partial charge in [0.25, 0.3) is 0 Å². The van der Waals surface area contributed by atoms with Crippen LogP contribution in [0.3, 0.4) is 0 Å². The van der Waals surface area contributed by atoms with Gasteiger partial charge in [-0.25, -0.2) is 0 Å². The first kappa shape index (κ1) is 11.0. The summed E-state index contributed by atoms with van der Waals surface area (Å²) >= 11 is 0. The minimum atomic E-state index is -0.555. The Labute approximate surface area is 101 Å². The Morgan fingerprint density at radius 1 is 1.18 bits per heavy atom. The van der Waals surface area contributed by atoms with E-state index in [1.807, 2.05) is 0 Å². The van der Waals surface area contributed by atoms with Crippen molar-refractivity contribution in [3.05, 3.63) is 23.2 Å². The Hall–Kier alpha value is -1.09. The van der Waals surface area contributed by atoms with E-state index < -0.39 is 6.10 Å². The van der Waals surface area contributed by atoms with Crippen LogP contribution in [-0.4, -0.2) is 17.0 Å². The van der Waals surface area contributed by atoms with Gasteiger partial charge in [-0.1, -0.05) is 19.3 Å². The van der Waals surface area contributed by atoms with Gasteiger partial charge >= 0.3 is 0 Å². The fourth-order valence-electron chi connectivity index (χ4n) is 3.20. The van der Waals surface area contributed by atoms with Gasteiger partial charge < -0.3 is 9.52 Å². The monoisotopic (exact) mass is 234 g/mol. The molecule has 3 heteroatoms. The highest BCUT2D eigenvalue weighted by Crippen LogP contribution is 2.38. The van der Waals surface area contributed by atoms with Crippen molar-refractivity contribution < 1.29 is 14.3 Å². The largest absolute Gasteiger partial charge is 0.468 e. The maximum Gasteiger partial charge on any atom is 0.169 e. The minimum Gasteiger partial charge on any atom is -0.468 e. The fourth-order valence-corrected chi connectivity index (χ4v) is 3.20. The van der Waals surface area contributed by atoms with Gasteiger partial charge in [-0.05, 0) is 18.8 Å². The number of rotatable bonds is 1. The van der Waals surface area contributed by atoms with Gasteiger partial charge in [0.05, 0.1) is 17.9 Å². The molecule has 3 nitrogen and oxygen atoms in total. The van der Waals surface area contributed by atoms with Crippen LogP contribution in [0.15, 0.2) is 10.7 Å². The highest BCUT2D eigenvalue weighted by Gasteiger charge is 2.32. The molecule has 1 atom stereocenters. The number of carbonyl (C=O) groups is 1. The summed E-state index contributed by atoms with van der Waals surface area (Å²) < 4.78 is 5.50. The lowest BCUT2D eigenvalue weighted by Gasteiger charge is -2.23. The molecule has 1 N–H and O–H groups in total. The van der Waals surface area contributed by atoms with Crippen molar-refractivity contribution in [1.82, 2.24) is 0 Å². The van der Waals surface area contributed by atoms with Crippen LogP contribution in [0.4, 0.5) is 0 Å². The summed E-state index contributed by atoms with van der Waals surface area (Å²) in [5, 5.41) is 9.57. The summed E-state index contributed by atoms with van der Waals surface area (Å²) in [7, 11) is 0. The number of carbonyl (C=O) groups excluding carboxylic acids is 1. The summed E-state index contributed by atoms with van der Waals surface area (Å²) in [4.78, 5) is 12.0. The van der Waals surface area contributed by atoms with E-state index in [4.69, 9.17) is 4.42 Å². The van der Waals surface area contributed by atoms with Crippen LogP contribution in [0.5, 0.6) is 0 Å². The highest BCUT2D eigenvalue weighted by molar-refractivity contribution is 5.99. The Balaban J connectivity index is 1.93. The fraction of sp³-hybridized carbons (Fsp3) is 0.643. The summed E-state index contributed by atoms with van der Waals surface area (Å²) in [5.41, 5.74) is 1.90. The smallest absolute Gasteiger partial charge is 0.169 e. The normalized spacial score (nSPS) is 25.9. The van der Waals surface area contributed by atoms with Gasteiger partial charge in [0.15, 0.2) is 5.78 Å². The number of hydrogen-bond acceptors (Lipinski definition) is 3. The lowest BCUT2D eigenvalue weighted by Crippen LogP contribution is -2.24. The average Bonchev–Trinajstić information content (AvgIpc) is 2.74. The molecule has 17 heavy (non-hydrogen) atoms. The molecule has 0 spiro atoms. The molecule has 0 bridgehead atoms. The van der Waals surface area contributed by atoms with E-state index in [-0.39, 0.29) is 12.2 Å². The maximum atomic E-state index is 12.0. The van der Waals surface area contributed by atoms with E-state index in [1.54, 1.807) is 6.26 Å². The molecule has 92 valence electrons. The zero-order valence-electron chi connectivity index (χ0n) is 9.95. The van der Waals surface area contributed by atoms with Crippen molar-refractivity contribution >= 4 is 5.78 Å². The number of Topliss-reactive ketones (excluding diaryl/α,β-unsaturated/α-hetero) is 1. The molecular weight excluding hydrogens is 216 g/mol. The topological polar surface area (TPSA) is 50.4 Å². The van der Waals surface area contributed by atoms with Crippen LogP contribution in [0.25, 0.3) is 0 Å². The van der Waals surface area contributed by atoms with Gasteiger partial charge in [0.2, 0.25) is 0 Å². The zero-order chi connectivity index (χ0) is 11.8. The predicted molar refractivity (Wildman–Crippen MR) is 63.2 cm³/mol. The standard InChI is InChI=1S/C14H18O3/c15-10-6-12(16)14-11(8-17-13(14)7-10)9-4-2-1-3-5-9/h8-10,15H,1-7H2. The van der Waals surface area contributed by atoms with Crippen LogP contribution >= 0.6 is 0 Å². The third-order valence-corrected chi connectivity index (χ3v) is 4.06. The Kier molecular flexibility index (Phi) is 2.79. The van der Waals surface area contributed by atoms with Crippen LogP contribution in [0.1, 0.15) is 66.1 Å². The second kappa shape index (κ2) is 4.30. The van der Waals surface area contributed by atoms with E-state index in [9.17, 15) is 9.90 Å². The molecular formula is C14H18O3. The SMILES string of the molecule is O=C1CC(O)Cc2occ(C3CCCCC3)c21. The Morgan fingerprint density at radius 2 is 1.94 bits per heavy atom. The number of hydrogen-bond donors (Lipinski definition) is 1. The van der Waals surface area contributed by atoms with E-state index >= 15 is 0 Å². The quantitative estimate of drug-likeness (QED) is 0.812. The van der Waals surface area contributed by atoms with Crippen molar-refractivity contribution in [2.24, 2.45) is 0 Å². The predicted octanol–water partition coefficient (Wildman–Crippen LogP) is 2.82. The molecule has 1 heterocycles. The minimum absolute atomic E-state index is 0.0630. The van der Waals surface area contributed by atoms with Crippen molar-refractivity contribution in [3.8, 4) is 0 Å². The summed E-state index contributed by atoms with van der Waals surface area (Å²) in [6.07, 6.45) is 8.10. The number of ketones is 1. The van der Waals surface area contributed by atoms with Crippen LogP contribution in [0, 0.1) is 0 Å². The number of aliphatic hydroxyl groups excluding tert-OH is 1. The molecule has 2 aliphatic rings. The first-order valence-electron chi connectivity index (χ1n) is 6.57. The second-order valence-corrected chi connectivity index (χ2v) is 5.31. The second-order valence-electron chi connectivity index (χ2n) is 5.31. The highest BCUT2D eigenvalue weighted by atomic mass is 16.3. The van der Waals surface area contributed by atoms with E-state index in [0.29, 0.717) is 18.1 Å². The van der Waals surface area contributed by atoms with Crippen LogP contribution < -0.4 is 0 Å². The molecule has 1 aromatic rings. The van der Waals surface area contributed by atoms with Gasteiger partial charge in [-0.15, -0.1) is 0 Å². The lowest BCUT2D eigenvalue weighted by molar-refractivity contribution is 0.0837. The molecule has 0 radical (unpaired) electrons. The number of aliphatic hydroxyl groups is 1. The molecule has 0 amide bonds. The zero-order valence-corrected chi connectivity index (χ0v) is 9.95. The molecule has 0 aliphatic heterocycles. The summed E-state index contributed by atoms with van der Waals surface area (Å²) in [6.45, 7) is 0. The van der Waals surface area contributed by atoms with Gasteiger partial charge in [0.1, 0.15) is 5.76 Å².